The molecule has 1 N–H and O–H groups in total. The molecule has 1 saturated heterocycles. The predicted molar refractivity (Wildman–Crippen MR) is 96.0 cm³/mol. The number of aryl methyl sites for hydroxylation is 3. The van der Waals surface area contributed by atoms with Crippen molar-refractivity contribution in [3.8, 4) is 0 Å². The van der Waals surface area contributed by atoms with E-state index in [4.69, 9.17) is 0 Å². The molecule has 0 spiro atoms. The zero-order valence-electron chi connectivity index (χ0n) is 15.4. The first-order valence-corrected chi connectivity index (χ1v) is 9.94. The predicted octanol–water partition coefficient (Wildman–Crippen LogP) is 0.810. The number of anilines is 1. The molecule has 0 saturated carbocycles. The fraction of sp³-hybridized carbons (Fsp3) is 0.562. The normalized spacial score (nSPS) is 18.8. The first-order valence-electron chi connectivity index (χ1n) is 8.50. The average Bonchev–Trinajstić information content (AvgIpc) is 3.09. The molecule has 1 aliphatic rings. The van der Waals surface area contributed by atoms with Gasteiger partial charge in [-0.1, -0.05) is 0 Å². The van der Waals surface area contributed by atoms with Gasteiger partial charge in [-0.15, -0.1) is 0 Å². The van der Waals surface area contributed by atoms with Crippen molar-refractivity contribution in [2.45, 2.75) is 31.6 Å². The van der Waals surface area contributed by atoms with E-state index in [1.54, 1.807) is 31.9 Å². The van der Waals surface area contributed by atoms with Gasteiger partial charge >= 0.3 is 0 Å². The maximum absolute atomic E-state index is 12.9. The van der Waals surface area contributed by atoms with Gasteiger partial charge in [0.2, 0.25) is 15.9 Å². The Bertz CT molecular complexity index is 930. The summed E-state index contributed by atoms with van der Waals surface area (Å²) in [5, 5.41) is 11.1. The minimum atomic E-state index is -3.66. The van der Waals surface area contributed by atoms with Gasteiger partial charge in [-0.2, -0.15) is 14.5 Å². The summed E-state index contributed by atoms with van der Waals surface area (Å²) in [6, 6.07) is 0. The third-order valence-corrected chi connectivity index (χ3v) is 6.80. The van der Waals surface area contributed by atoms with Crippen molar-refractivity contribution in [1.29, 1.82) is 0 Å². The molecule has 1 fully saturated rings. The number of amides is 1. The van der Waals surface area contributed by atoms with Gasteiger partial charge in [0.25, 0.3) is 0 Å². The molecule has 0 bridgehead atoms. The molecule has 0 aliphatic carbocycles. The van der Waals surface area contributed by atoms with Crippen molar-refractivity contribution in [2.75, 3.05) is 18.4 Å². The van der Waals surface area contributed by atoms with E-state index in [0.29, 0.717) is 30.8 Å². The lowest BCUT2D eigenvalue weighted by Gasteiger charge is -2.31. The Morgan fingerprint density at radius 3 is 2.62 bits per heavy atom. The number of hydrogen-bond donors (Lipinski definition) is 1. The van der Waals surface area contributed by atoms with E-state index in [1.807, 2.05) is 6.92 Å². The minimum Gasteiger partial charge on any atom is -0.323 e. The first-order chi connectivity index (χ1) is 12.2. The summed E-state index contributed by atoms with van der Waals surface area (Å²) in [5.74, 6) is -0.570. The lowest BCUT2D eigenvalue weighted by Crippen LogP contribution is -2.43. The Hall–Kier alpha value is -2.20. The molecule has 9 nitrogen and oxygen atoms in total. The third kappa shape index (κ3) is 3.38. The maximum Gasteiger partial charge on any atom is 0.246 e. The van der Waals surface area contributed by atoms with Crippen LogP contribution >= 0.6 is 0 Å². The number of aromatic nitrogens is 4. The van der Waals surface area contributed by atoms with E-state index in [2.05, 4.69) is 15.5 Å². The molecule has 1 unspecified atom stereocenters. The van der Waals surface area contributed by atoms with Gasteiger partial charge in [0.05, 0.1) is 29.2 Å². The monoisotopic (exact) mass is 380 g/mol. The lowest BCUT2D eigenvalue weighted by molar-refractivity contribution is -0.120. The number of hydrogen-bond acceptors (Lipinski definition) is 5. The van der Waals surface area contributed by atoms with Crippen LogP contribution < -0.4 is 5.32 Å². The summed E-state index contributed by atoms with van der Waals surface area (Å²) in [6.07, 6.45) is 4.41. The highest BCUT2D eigenvalue weighted by atomic mass is 32.2. The molecule has 2 aromatic rings. The second-order valence-corrected chi connectivity index (χ2v) is 8.62. The molecule has 0 aromatic carbocycles. The fourth-order valence-corrected chi connectivity index (χ4v) is 4.91. The average molecular weight is 380 g/mol. The number of piperidine rings is 1. The molecular formula is C16H24N6O3S. The van der Waals surface area contributed by atoms with Gasteiger partial charge in [0.1, 0.15) is 4.90 Å². The number of nitrogens with zero attached hydrogens (tertiary/aromatic N) is 5. The highest BCUT2D eigenvalue weighted by Gasteiger charge is 2.35. The number of sulfonamides is 1. The summed E-state index contributed by atoms with van der Waals surface area (Å²) >= 11 is 0. The maximum atomic E-state index is 12.9. The molecule has 10 heteroatoms. The zero-order chi connectivity index (χ0) is 19.1. The van der Waals surface area contributed by atoms with Crippen LogP contribution in [0, 0.1) is 19.8 Å². The van der Waals surface area contributed by atoms with Crippen LogP contribution in [0.3, 0.4) is 0 Å². The van der Waals surface area contributed by atoms with E-state index in [-0.39, 0.29) is 17.3 Å². The van der Waals surface area contributed by atoms with Crippen LogP contribution in [0.2, 0.25) is 0 Å². The van der Waals surface area contributed by atoms with Crippen LogP contribution in [-0.2, 0) is 28.9 Å². The molecule has 1 aliphatic heterocycles. The zero-order valence-corrected chi connectivity index (χ0v) is 16.2. The van der Waals surface area contributed by atoms with E-state index >= 15 is 0 Å². The molecule has 2 aromatic heterocycles. The number of rotatable bonds is 4. The summed E-state index contributed by atoms with van der Waals surface area (Å²) < 4.78 is 30.4. The van der Waals surface area contributed by atoms with Crippen molar-refractivity contribution >= 4 is 21.6 Å². The second kappa shape index (κ2) is 6.84. The number of nitrogens with one attached hydrogen (secondary N) is 1. The Balaban J connectivity index is 1.75. The quantitative estimate of drug-likeness (QED) is 0.846. The van der Waals surface area contributed by atoms with Crippen LogP contribution in [0.25, 0.3) is 0 Å². The van der Waals surface area contributed by atoms with Crippen molar-refractivity contribution in [3.05, 3.63) is 23.8 Å². The Labute approximate surface area is 153 Å². The molecule has 142 valence electrons. The Morgan fingerprint density at radius 2 is 2.04 bits per heavy atom. The van der Waals surface area contributed by atoms with Crippen LogP contribution in [0.1, 0.15) is 24.2 Å². The van der Waals surface area contributed by atoms with Crippen molar-refractivity contribution in [1.82, 2.24) is 23.9 Å². The molecule has 26 heavy (non-hydrogen) atoms. The fourth-order valence-electron chi connectivity index (χ4n) is 3.20. The molecule has 3 heterocycles. The highest BCUT2D eigenvalue weighted by molar-refractivity contribution is 7.89. The van der Waals surface area contributed by atoms with Gasteiger partial charge in [0.15, 0.2) is 0 Å². The van der Waals surface area contributed by atoms with Crippen LogP contribution in [0.5, 0.6) is 0 Å². The van der Waals surface area contributed by atoms with Crippen molar-refractivity contribution in [3.63, 3.8) is 0 Å². The number of carbonyl (C=O) groups excluding carboxylic acids is 1. The van der Waals surface area contributed by atoms with Gasteiger partial charge in [-0.05, 0) is 26.7 Å². The van der Waals surface area contributed by atoms with Gasteiger partial charge < -0.3 is 5.32 Å². The van der Waals surface area contributed by atoms with E-state index in [1.165, 1.54) is 15.2 Å². The summed E-state index contributed by atoms with van der Waals surface area (Å²) in [4.78, 5) is 12.8. The second-order valence-electron chi connectivity index (χ2n) is 6.71. The molecule has 0 radical (unpaired) electrons. The van der Waals surface area contributed by atoms with E-state index in [0.717, 1.165) is 5.69 Å². The SMILES string of the molecule is Cc1nn(C)cc1NC(=O)C1CCCN(S(=O)(=O)c2cnn(C)c2C)C1. The molecule has 3 rings (SSSR count). The summed E-state index contributed by atoms with van der Waals surface area (Å²) in [7, 11) is -0.171. The summed E-state index contributed by atoms with van der Waals surface area (Å²) in [6.45, 7) is 4.12. The van der Waals surface area contributed by atoms with E-state index in [9.17, 15) is 13.2 Å². The lowest BCUT2D eigenvalue weighted by atomic mass is 9.99. The van der Waals surface area contributed by atoms with Crippen LogP contribution in [-0.4, -0.2) is 51.3 Å². The number of carbonyl (C=O) groups is 1. The standard InChI is InChI=1S/C16H24N6O3S/c1-11-14(10-20(3)19-11)18-16(23)13-6-5-7-22(9-13)26(24,25)15-8-17-21(4)12(15)2/h8,10,13H,5-7,9H2,1-4H3,(H,18,23). The third-order valence-electron chi connectivity index (χ3n) is 4.83. The van der Waals surface area contributed by atoms with Crippen molar-refractivity contribution < 1.29 is 13.2 Å². The topological polar surface area (TPSA) is 102 Å². The Morgan fingerprint density at radius 1 is 1.31 bits per heavy atom. The summed E-state index contributed by atoms with van der Waals surface area (Å²) in [5.41, 5.74) is 1.97. The Kier molecular flexibility index (Phi) is 4.89. The van der Waals surface area contributed by atoms with E-state index < -0.39 is 15.9 Å². The van der Waals surface area contributed by atoms with Gasteiger partial charge in [0, 0.05) is 33.4 Å². The minimum absolute atomic E-state index is 0.168. The highest BCUT2D eigenvalue weighted by Crippen LogP contribution is 2.26. The molecular weight excluding hydrogens is 356 g/mol. The molecule has 1 amide bonds. The van der Waals surface area contributed by atoms with Crippen LogP contribution in [0.15, 0.2) is 17.3 Å². The molecule has 1 atom stereocenters. The van der Waals surface area contributed by atoms with Gasteiger partial charge in [-0.25, -0.2) is 8.42 Å². The van der Waals surface area contributed by atoms with Crippen LogP contribution in [0.4, 0.5) is 5.69 Å². The first kappa shape index (κ1) is 18.6. The van der Waals surface area contributed by atoms with Gasteiger partial charge in [-0.3, -0.25) is 14.2 Å². The van der Waals surface area contributed by atoms with Crippen molar-refractivity contribution in [2.24, 2.45) is 20.0 Å². The largest absolute Gasteiger partial charge is 0.323 e. The smallest absolute Gasteiger partial charge is 0.246 e.